The molecule has 0 aliphatic carbocycles. The van der Waals surface area contributed by atoms with Crippen LogP contribution in [0.4, 0.5) is 5.69 Å². The Morgan fingerprint density at radius 3 is 2.42 bits per heavy atom. The Bertz CT molecular complexity index is 795. The van der Waals surface area contributed by atoms with E-state index in [0.717, 1.165) is 10.6 Å². The average Bonchev–Trinajstić information content (AvgIpc) is 2.67. The van der Waals surface area contributed by atoms with Crippen LogP contribution in [-0.4, -0.2) is 50.8 Å². The van der Waals surface area contributed by atoms with Gasteiger partial charge in [-0.3, -0.25) is 9.59 Å². The van der Waals surface area contributed by atoms with Crippen LogP contribution >= 0.6 is 11.8 Å². The Balaban J connectivity index is 2.05. The van der Waals surface area contributed by atoms with Gasteiger partial charge in [0.05, 0.1) is 26.5 Å². The van der Waals surface area contributed by atoms with E-state index in [1.165, 1.54) is 19.1 Å². The zero-order valence-electron chi connectivity index (χ0n) is 15.2. The zero-order valence-corrected chi connectivity index (χ0v) is 16.1. The van der Waals surface area contributed by atoms with Gasteiger partial charge in [-0.1, -0.05) is 12.1 Å². The van der Waals surface area contributed by atoms with Crippen LogP contribution in [0.25, 0.3) is 0 Å². The third-order valence-corrected chi connectivity index (χ3v) is 4.53. The summed E-state index contributed by atoms with van der Waals surface area (Å²) in [6, 6.07) is 12.4. The van der Waals surface area contributed by atoms with Gasteiger partial charge in [0.2, 0.25) is 5.91 Å². The van der Waals surface area contributed by atoms with E-state index in [4.69, 9.17) is 9.47 Å². The Morgan fingerprint density at radius 2 is 1.77 bits per heavy atom. The van der Waals surface area contributed by atoms with Crippen LogP contribution in [0, 0.1) is 0 Å². The van der Waals surface area contributed by atoms with E-state index in [0.29, 0.717) is 17.1 Å². The number of likely N-dealkylation sites (N-methyl/N-ethyl adjacent to an activating group) is 1. The van der Waals surface area contributed by atoms with Crippen molar-refractivity contribution in [1.29, 1.82) is 0 Å². The van der Waals surface area contributed by atoms with E-state index in [2.05, 4.69) is 5.32 Å². The average molecular weight is 374 g/mol. The van der Waals surface area contributed by atoms with Gasteiger partial charge >= 0.3 is 0 Å². The molecular formula is C19H22N2O4S. The number of anilines is 1. The summed E-state index contributed by atoms with van der Waals surface area (Å²) in [7, 11) is 4.62. The van der Waals surface area contributed by atoms with Crippen molar-refractivity contribution in [3.8, 4) is 11.5 Å². The maximum absolute atomic E-state index is 12.6. The predicted molar refractivity (Wildman–Crippen MR) is 103 cm³/mol. The number of rotatable bonds is 7. The van der Waals surface area contributed by atoms with Gasteiger partial charge < -0.3 is 19.7 Å². The van der Waals surface area contributed by atoms with Crippen molar-refractivity contribution in [2.45, 2.75) is 4.90 Å². The molecule has 138 valence electrons. The highest BCUT2D eigenvalue weighted by Crippen LogP contribution is 2.28. The van der Waals surface area contributed by atoms with Crippen LogP contribution in [0.1, 0.15) is 10.4 Å². The largest absolute Gasteiger partial charge is 0.493 e. The Hall–Kier alpha value is -2.67. The smallest absolute Gasteiger partial charge is 0.254 e. The molecule has 26 heavy (non-hydrogen) atoms. The third kappa shape index (κ3) is 4.70. The molecule has 0 aliphatic rings. The van der Waals surface area contributed by atoms with Crippen LogP contribution in [0.15, 0.2) is 47.4 Å². The van der Waals surface area contributed by atoms with Crippen molar-refractivity contribution >= 4 is 29.3 Å². The second kappa shape index (κ2) is 9.15. The lowest BCUT2D eigenvalue weighted by molar-refractivity contribution is -0.116. The fourth-order valence-corrected chi connectivity index (χ4v) is 2.97. The summed E-state index contributed by atoms with van der Waals surface area (Å²) in [6.07, 6.45) is 1.94. The number of hydrogen-bond acceptors (Lipinski definition) is 5. The molecule has 2 amide bonds. The van der Waals surface area contributed by atoms with E-state index in [1.807, 2.05) is 30.5 Å². The molecule has 0 heterocycles. The lowest BCUT2D eigenvalue weighted by Gasteiger charge is -2.18. The number of amides is 2. The highest BCUT2D eigenvalue weighted by atomic mass is 32.2. The summed E-state index contributed by atoms with van der Waals surface area (Å²) >= 11 is 1.55. The number of nitrogens with zero attached hydrogens (tertiary/aromatic N) is 1. The second-order valence-corrected chi connectivity index (χ2v) is 6.33. The highest BCUT2D eigenvalue weighted by Gasteiger charge is 2.17. The molecule has 2 aromatic carbocycles. The van der Waals surface area contributed by atoms with E-state index in [1.54, 1.807) is 37.0 Å². The lowest BCUT2D eigenvalue weighted by atomic mass is 10.1. The van der Waals surface area contributed by atoms with Gasteiger partial charge in [0.15, 0.2) is 11.5 Å². The normalized spacial score (nSPS) is 10.2. The monoisotopic (exact) mass is 374 g/mol. The first kappa shape index (κ1) is 19.7. The summed E-state index contributed by atoms with van der Waals surface area (Å²) in [6.45, 7) is -0.0596. The van der Waals surface area contributed by atoms with Crippen LogP contribution in [0.5, 0.6) is 11.5 Å². The van der Waals surface area contributed by atoms with Crippen molar-refractivity contribution in [2.75, 3.05) is 39.4 Å². The molecule has 6 nitrogen and oxygen atoms in total. The van der Waals surface area contributed by atoms with Gasteiger partial charge in [-0.25, -0.2) is 0 Å². The maximum atomic E-state index is 12.6. The van der Waals surface area contributed by atoms with Gasteiger partial charge in [-0.15, -0.1) is 11.8 Å². The number of ether oxygens (including phenoxy) is 2. The molecule has 0 saturated carbocycles. The minimum absolute atomic E-state index is 0.0596. The summed E-state index contributed by atoms with van der Waals surface area (Å²) in [4.78, 5) is 27.2. The molecule has 0 spiro atoms. The van der Waals surface area contributed by atoms with Crippen molar-refractivity contribution in [2.24, 2.45) is 0 Å². The van der Waals surface area contributed by atoms with Gasteiger partial charge in [0, 0.05) is 17.5 Å². The van der Waals surface area contributed by atoms with Crippen molar-refractivity contribution < 1.29 is 19.1 Å². The Morgan fingerprint density at radius 1 is 1.08 bits per heavy atom. The lowest BCUT2D eigenvalue weighted by Crippen LogP contribution is -2.35. The summed E-state index contributed by atoms with van der Waals surface area (Å²) in [5.74, 6) is 0.463. The quantitative estimate of drug-likeness (QED) is 0.754. The van der Waals surface area contributed by atoms with Crippen LogP contribution in [0.3, 0.4) is 0 Å². The predicted octanol–water partition coefficient (Wildman–Crippen LogP) is 3.14. The molecule has 0 radical (unpaired) electrons. The van der Waals surface area contributed by atoms with Crippen LogP contribution in [0.2, 0.25) is 0 Å². The summed E-state index contributed by atoms with van der Waals surface area (Å²) in [5, 5.41) is 2.84. The van der Waals surface area contributed by atoms with Gasteiger partial charge in [0.1, 0.15) is 0 Å². The number of carbonyl (C=O) groups is 2. The molecular weight excluding hydrogens is 352 g/mol. The number of thioether (sulfide) groups is 1. The number of methoxy groups -OCH3 is 2. The first-order valence-electron chi connectivity index (χ1n) is 7.90. The molecule has 0 aliphatic heterocycles. The molecule has 0 bridgehead atoms. The Labute approximate surface area is 157 Å². The Kier molecular flexibility index (Phi) is 6.91. The maximum Gasteiger partial charge on any atom is 0.254 e. The van der Waals surface area contributed by atoms with Crippen LogP contribution < -0.4 is 14.8 Å². The fraction of sp³-hybridized carbons (Fsp3) is 0.263. The highest BCUT2D eigenvalue weighted by molar-refractivity contribution is 7.98. The molecule has 2 rings (SSSR count). The number of benzene rings is 2. The summed E-state index contributed by atoms with van der Waals surface area (Å²) < 4.78 is 10.4. The third-order valence-electron chi connectivity index (χ3n) is 3.74. The van der Waals surface area contributed by atoms with E-state index >= 15 is 0 Å². The first-order valence-corrected chi connectivity index (χ1v) is 9.13. The number of hydrogen-bond donors (Lipinski definition) is 1. The van der Waals surface area contributed by atoms with Crippen molar-refractivity contribution in [1.82, 2.24) is 4.90 Å². The SMILES string of the molecule is COc1ccc(C(=O)N(C)CC(=O)Nc2ccccc2SC)cc1OC. The molecule has 7 heteroatoms. The van der Waals surface area contributed by atoms with Crippen molar-refractivity contribution in [3.05, 3.63) is 48.0 Å². The topological polar surface area (TPSA) is 67.9 Å². The van der Waals surface area contributed by atoms with Gasteiger partial charge in [-0.2, -0.15) is 0 Å². The molecule has 0 unspecified atom stereocenters. The molecule has 2 aromatic rings. The minimum Gasteiger partial charge on any atom is -0.493 e. The van der Waals surface area contributed by atoms with Gasteiger partial charge in [-0.05, 0) is 36.6 Å². The molecule has 0 aromatic heterocycles. The molecule has 0 atom stereocenters. The molecule has 0 saturated heterocycles. The molecule has 0 fully saturated rings. The van der Waals surface area contributed by atoms with Crippen LogP contribution in [-0.2, 0) is 4.79 Å². The number of carbonyl (C=O) groups excluding carboxylic acids is 2. The number of para-hydroxylation sites is 1. The van der Waals surface area contributed by atoms with E-state index < -0.39 is 0 Å². The van der Waals surface area contributed by atoms with E-state index in [9.17, 15) is 9.59 Å². The minimum atomic E-state index is -0.278. The second-order valence-electron chi connectivity index (χ2n) is 5.48. The fourth-order valence-electron chi connectivity index (χ4n) is 2.41. The zero-order chi connectivity index (χ0) is 19.1. The number of nitrogens with one attached hydrogen (secondary N) is 1. The van der Waals surface area contributed by atoms with E-state index in [-0.39, 0.29) is 18.4 Å². The standard InChI is InChI=1S/C19H22N2O4S/c1-21(12-18(22)20-14-7-5-6-8-17(14)26-4)19(23)13-9-10-15(24-2)16(11-13)25-3/h5-11H,12H2,1-4H3,(H,20,22). The first-order chi connectivity index (χ1) is 12.5. The van der Waals surface area contributed by atoms with Gasteiger partial charge in [0.25, 0.3) is 5.91 Å². The molecule has 1 N–H and O–H groups in total. The summed E-state index contributed by atoms with van der Waals surface area (Å²) in [5.41, 5.74) is 1.15. The van der Waals surface area contributed by atoms with Crippen molar-refractivity contribution in [3.63, 3.8) is 0 Å².